The minimum Gasteiger partial charge on any atom is -0.507 e. The molecule has 0 saturated heterocycles. The highest BCUT2D eigenvalue weighted by Gasteiger charge is 2.07. The average Bonchev–Trinajstić information content (AvgIpc) is 2.40. The molecule has 0 unspecified atom stereocenters. The molecule has 1 aromatic carbocycles. The number of carbonyl (C=O) groups excluding carboxylic acids is 1. The van der Waals surface area contributed by atoms with Crippen LogP contribution in [0.2, 0.25) is 0 Å². The van der Waals surface area contributed by atoms with Crippen LogP contribution in [-0.2, 0) is 0 Å². The van der Waals surface area contributed by atoms with Crippen molar-refractivity contribution >= 4 is 17.6 Å². The Labute approximate surface area is 120 Å². The minimum atomic E-state index is -1.16. The number of nitrogen functional groups attached to an aromatic ring is 1. The third-order valence-electron chi connectivity index (χ3n) is 2.20. The number of nitrogens with zero attached hydrogens (tertiary/aromatic N) is 1. The normalized spacial score (nSPS) is 8.76. The zero-order valence-corrected chi connectivity index (χ0v) is 10.9. The molecule has 0 radical (unpaired) electrons. The van der Waals surface area contributed by atoms with Gasteiger partial charge >= 0.3 is 5.97 Å². The Morgan fingerprint density at radius 1 is 1.19 bits per heavy atom. The molecule has 0 aliphatic heterocycles. The maximum atomic E-state index is 10.4. The van der Waals surface area contributed by atoms with Crippen molar-refractivity contribution in [2.45, 2.75) is 0 Å². The zero-order valence-electron chi connectivity index (χ0n) is 10.9. The number of pyridine rings is 1. The first kappa shape index (κ1) is 17.9. The maximum Gasteiger partial charge on any atom is 0.339 e. The highest BCUT2D eigenvalue weighted by molar-refractivity contribution is 5.92. The summed E-state index contributed by atoms with van der Waals surface area (Å²) in [6.45, 7) is 0. The van der Waals surface area contributed by atoms with Crippen molar-refractivity contribution in [1.29, 1.82) is 0 Å². The van der Waals surface area contributed by atoms with Crippen molar-refractivity contribution < 1.29 is 25.3 Å². The topological polar surface area (TPSA) is 171 Å². The Morgan fingerprint density at radius 3 is 2.24 bits per heavy atom. The number of aromatic carboxylic acids is 1. The quantitative estimate of drug-likeness (QED) is 0.568. The van der Waals surface area contributed by atoms with Gasteiger partial charge in [0.2, 0.25) is 5.91 Å². The van der Waals surface area contributed by atoms with Gasteiger partial charge in [-0.15, -0.1) is 0 Å². The fourth-order valence-corrected chi connectivity index (χ4v) is 1.24. The first-order valence-electron chi connectivity index (χ1n) is 5.43. The number of carboxylic acid groups (broad SMARTS) is 1. The molecule has 1 heterocycles. The van der Waals surface area contributed by atoms with Crippen molar-refractivity contribution in [1.82, 2.24) is 4.98 Å². The van der Waals surface area contributed by atoms with Gasteiger partial charge in [-0.25, -0.2) is 4.79 Å². The molecule has 0 aliphatic carbocycles. The van der Waals surface area contributed by atoms with Crippen LogP contribution in [0.5, 0.6) is 5.75 Å². The van der Waals surface area contributed by atoms with Crippen molar-refractivity contribution in [3.8, 4) is 5.75 Å². The molecule has 2 rings (SSSR count). The summed E-state index contributed by atoms with van der Waals surface area (Å²) in [6.07, 6.45) is 3.02. The lowest BCUT2D eigenvalue weighted by Gasteiger charge is -1.98. The number of amides is 1. The van der Waals surface area contributed by atoms with E-state index < -0.39 is 11.9 Å². The van der Waals surface area contributed by atoms with Crippen molar-refractivity contribution in [3.63, 3.8) is 0 Å². The highest BCUT2D eigenvalue weighted by atomic mass is 16.4. The van der Waals surface area contributed by atoms with E-state index in [0.29, 0.717) is 11.3 Å². The molecule has 0 bridgehead atoms. The number of carbonyl (C=O) groups is 2. The molecule has 112 valence electrons. The number of anilines is 1. The highest BCUT2D eigenvalue weighted by Crippen LogP contribution is 2.19. The van der Waals surface area contributed by atoms with Crippen molar-refractivity contribution in [2.24, 2.45) is 5.73 Å². The van der Waals surface area contributed by atoms with Crippen LogP contribution in [0.1, 0.15) is 20.7 Å². The molecule has 0 saturated carbocycles. The van der Waals surface area contributed by atoms with Crippen LogP contribution in [0.25, 0.3) is 0 Å². The second-order valence-electron chi connectivity index (χ2n) is 3.69. The SMILES string of the molecule is NC(=O)c1cccnc1.Nc1ccc(C(=O)O)c(O)c1.O. The Kier molecular flexibility index (Phi) is 6.91. The van der Waals surface area contributed by atoms with Crippen LogP contribution >= 0.6 is 0 Å². The number of benzene rings is 1. The number of aromatic nitrogens is 1. The lowest BCUT2D eigenvalue weighted by Crippen LogP contribution is -2.10. The van der Waals surface area contributed by atoms with Gasteiger partial charge in [0.05, 0.1) is 5.56 Å². The number of carboxylic acids is 1. The molecule has 0 aliphatic rings. The molecule has 1 amide bonds. The molecule has 0 atom stereocenters. The van der Waals surface area contributed by atoms with E-state index in [2.05, 4.69) is 4.98 Å². The number of aromatic hydroxyl groups is 1. The van der Waals surface area contributed by atoms with Crippen LogP contribution in [0.3, 0.4) is 0 Å². The number of nitrogens with two attached hydrogens (primary N) is 2. The van der Waals surface area contributed by atoms with Gasteiger partial charge in [-0.1, -0.05) is 0 Å². The number of phenols is 1. The lowest BCUT2D eigenvalue weighted by molar-refractivity contribution is 0.0693. The largest absolute Gasteiger partial charge is 0.507 e. The summed E-state index contributed by atoms with van der Waals surface area (Å²) in [6, 6.07) is 7.16. The van der Waals surface area contributed by atoms with Crippen LogP contribution in [0, 0.1) is 0 Å². The first-order chi connectivity index (χ1) is 9.41. The first-order valence-corrected chi connectivity index (χ1v) is 5.43. The van der Waals surface area contributed by atoms with E-state index in [1.54, 1.807) is 18.3 Å². The van der Waals surface area contributed by atoms with E-state index in [-0.39, 0.29) is 16.8 Å². The van der Waals surface area contributed by atoms with Crippen LogP contribution in [0.15, 0.2) is 42.7 Å². The molecule has 0 fully saturated rings. The number of hydrogen-bond donors (Lipinski definition) is 4. The predicted octanol–water partition coefficient (Wildman–Crippen LogP) is 0.0284. The van der Waals surface area contributed by atoms with Gasteiger partial charge in [-0.05, 0) is 24.3 Å². The predicted molar refractivity (Wildman–Crippen MR) is 75.8 cm³/mol. The standard InChI is InChI=1S/C7H7NO3.C6H6N2O.H2O/c8-4-1-2-5(7(10)11)6(9)3-4;7-6(9)5-2-1-3-8-4-5;/h1-3,9H,8H2,(H,10,11);1-4H,(H2,7,9);1H2. The van der Waals surface area contributed by atoms with E-state index in [1.165, 1.54) is 24.4 Å². The zero-order chi connectivity index (χ0) is 15.1. The summed E-state index contributed by atoms with van der Waals surface area (Å²) in [7, 11) is 0. The van der Waals surface area contributed by atoms with E-state index in [1.807, 2.05) is 0 Å². The second-order valence-corrected chi connectivity index (χ2v) is 3.69. The van der Waals surface area contributed by atoms with Crippen molar-refractivity contribution in [2.75, 3.05) is 5.73 Å². The Bertz CT molecular complexity index is 616. The summed E-state index contributed by atoms with van der Waals surface area (Å²) in [4.78, 5) is 24.4. The summed E-state index contributed by atoms with van der Waals surface area (Å²) < 4.78 is 0. The smallest absolute Gasteiger partial charge is 0.339 e. The van der Waals surface area contributed by atoms with E-state index >= 15 is 0 Å². The molecule has 8 heteroatoms. The van der Waals surface area contributed by atoms with Crippen LogP contribution < -0.4 is 11.5 Å². The summed E-state index contributed by atoms with van der Waals surface area (Å²) in [5, 5.41) is 17.5. The number of hydrogen-bond acceptors (Lipinski definition) is 5. The molecule has 1 aromatic heterocycles. The molecule has 8 N–H and O–H groups in total. The van der Waals surface area contributed by atoms with Gasteiger partial charge < -0.3 is 27.2 Å². The summed E-state index contributed by atoms with van der Waals surface area (Å²) in [5.41, 5.74) is 10.9. The van der Waals surface area contributed by atoms with Gasteiger partial charge in [0.25, 0.3) is 0 Å². The van der Waals surface area contributed by atoms with E-state index in [4.69, 9.17) is 21.7 Å². The number of primary amides is 1. The number of rotatable bonds is 2. The summed E-state index contributed by atoms with van der Waals surface area (Å²) >= 11 is 0. The fourth-order valence-electron chi connectivity index (χ4n) is 1.24. The molecular weight excluding hydrogens is 278 g/mol. The second kappa shape index (κ2) is 8.12. The molecule has 2 aromatic rings. The van der Waals surface area contributed by atoms with Crippen LogP contribution in [-0.4, -0.2) is 32.5 Å². The molecular formula is C13H15N3O5. The Balaban J connectivity index is 0.000000370. The monoisotopic (exact) mass is 293 g/mol. The van der Waals surface area contributed by atoms with Crippen LogP contribution in [0.4, 0.5) is 5.69 Å². The van der Waals surface area contributed by atoms with E-state index in [9.17, 15) is 9.59 Å². The average molecular weight is 293 g/mol. The van der Waals surface area contributed by atoms with Crippen molar-refractivity contribution in [3.05, 3.63) is 53.9 Å². The summed E-state index contributed by atoms with van der Waals surface area (Å²) in [5.74, 6) is -1.91. The Hall–Kier alpha value is -3.13. The van der Waals surface area contributed by atoms with Gasteiger partial charge in [-0.3, -0.25) is 9.78 Å². The van der Waals surface area contributed by atoms with Gasteiger partial charge in [0.15, 0.2) is 0 Å². The molecule has 0 spiro atoms. The third kappa shape index (κ3) is 5.57. The Morgan fingerprint density at radius 2 is 1.86 bits per heavy atom. The third-order valence-corrected chi connectivity index (χ3v) is 2.20. The molecule has 21 heavy (non-hydrogen) atoms. The van der Waals surface area contributed by atoms with Gasteiger partial charge in [0.1, 0.15) is 11.3 Å². The lowest BCUT2D eigenvalue weighted by atomic mass is 10.2. The maximum absolute atomic E-state index is 10.4. The minimum absolute atomic E-state index is 0. The fraction of sp³-hybridized carbons (Fsp3) is 0. The molecule has 8 nitrogen and oxygen atoms in total. The van der Waals surface area contributed by atoms with Gasteiger partial charge in [-0.2, -0.15) is 0 Å². The van der Waals surface area contributed by atoms with Gasteiger partial charge in [0, 0.05) is 24.1 Å². The van der Waals surface area contributed by atoms with E-state index in [0.717, 1.165) is 0 Å².